The van der Waals surface area contributed by atoms with Crippen LogP contribution in [0.3, 0.4) is 0 Å². The van der Waals surface area contributed by atoms with Crippen LogP contribution in [0.1, 0.15) is 23.1 Å². The van der Waals surface area contributed by atoms with E-state index in [1.165, 1.54) is 11.3 Å². The van der Waals surface area contributed by atoms with Gasteiger partial charge in [0.25, 0.3) is 0 Å². The molecule has 0 unspecified atom stereocenters. The standard InChI is InChI=1S/C22H24N2O4S2/c1-4-15-7-5-6-8-21(15)30(25,26)24-12-11-17-20(14-24)29-22(23-17)16-9-10-18(27-2)19(13-16)28-3/h5-10,13H,4,11-12,14H2,1-3H3. The average Bonchev–Trinajstić information content (AvgIpc) is 3.22. The predicted molar refractivity (Wildman–Crippen MR) is 118 cm³/mol. The lowest BCUT2D eigenvalue weighted by molar-refractivity contribution is 0.355. The van der Waals surface area contributed by atoms with Crippen LogP contribution in [0.25, 0.3) is 10.6 Å². The topological polar surface area (TPSA) is 68.7 Å². The molecule has 2 aromatic carbocycles. The summed E-state index contributed by atoms with van der Waals surface area (Å²) >= 11 is 1.53. The predicted octanol–water partition coefficient (Wildman–Crippen LogP) is 4.14. The van der Waals surface area contributed by atoms with Crippen LogP contribution < -0.4 is 9.47 Å². The molecule has 6 nitrogen and oxygen atoms in total. The number of fused-ring (bicyclic) bond motifs is 1. The fourth-order valence-corrected chi connectivity index (χ4v) is 6.56. The largest absolute Gasteiger partial charge is 0.493 e. The Bertz CT molecular complexity index is 1170. The Morgan fingerprint density at radius 3 is 2.60 bits per heavy atom. The number of thiazole rings is 1. The molecule has 8 heteroatoms. The highest BCUT2D eigenvalue weighted by Crippen LogP contribution is 2.37. The number of methoxy groups -OCH3 is 2. The molecule has 158 valence electrons. The van der Waals surface area contributed by atoms with Crippen molar-refractivity contribution in [2.75, 3.05) is 20.8 Å². The maximum atomic E-state index is 13.3. The van der Waals surface area contributed by atoms with E-state index >= 15 is 0 Å². The van der Waals surface area contributed by atoms with Crippen LogP contribution in [-0.4, -0.2) is 38.5 Å². The molecule has 0 saturated carbocycles. The van der Waals surface area contributed by atoms with Gasteiger partial charge in [0.15, 0.2) is 11.5 Å². The maximum absolute atomic E-state index is 13.3. The smallest absolute Gasteiger partial charge is 0.243 e. The number of rotatable bonds is 6. The molecule has 0 aliphatic carbocycles. The first kappa shape index (κ1) is 20.8. The maximum Gasteiger partial charge on any atom is 0.243 e. The molecule has 1 aliphatic rings. The normalized spacial score (nSPS) is 14.4. The average molecular weight is 445 g/mol. The van der Waals surface area contributed by atoms with Crippen molar-refractivity contribution in [3.05, 3.63) is 58.6 Å². The van der Waals surface area contributed by atoms with Gasteiger partial charge in [-0.25, -0.2) is 13.4 Å². The lowest BCUT2D eigenvalue weighted by Gasteiger charge is -2.26. The fraction of sp³-hybridized carbons (Fsp3) is 0.318. The molecule has 0 fully saturated rings. The van der Waals surface area contributed by atoms with Crippen molar-refractivity contribution in [2.45, 2.75) is 31.2 Å². The minimum atomic E-state index is -3.55. The van der Waals surface area contributed by atoms with E-state index in [1.807, 2.05) is 37.3 Å². The molecule has 3 aromatic rings. The van der Waals surface area contributed by atoms with Crippen LogP contribution in [0.5, 0.6) is 11.5 Å². The van der Waals surface area contributed by atoms with Gasteiger partial charge in [-0.2, -0.15) is 4.31 Å². The van der Waals surface area contributed by atoms with Gasteiger partial charge in [0.2, 0.25) is 10.0 Å². The van der Waals surface area contributed by atoms with Crippen molar-refractivity contribution in [1.82, 2.24) is 9.29 Å². The van der Waals surface area contributed by atoms with Gasteiger partial charge < -0.3 is 9.47 Å². The Morgan fingerprint density at radius 1 is 1.10 bits per heavy atom. The highest BCUT2D eigenvalue weighted by atomic mass is 32.2. The van der Waals surface area contributed by atoms with Gasteiger partial charge >= 0.3 is 0 Å². The first-order valence-electron chi connectivity index (χ1n) is 9.77. The Morgan fingerprint density at radius 2 is 1.87 bits per heavy atom. The minimum absolute atomic E-state index is 0.348. The first-order valence-corrected chi connectivity index (χ1v) is 12.0. The van der Waals surface area contributed by atoms with E-state index in [0.717, 1.165) is 26.7 Å². The van der Waals surface area contributed by atoms with E-state index in [4.69, 9.17) is 14.5 Å². The quantitative estimate of drug-likeness (QED) is 0.572. The summed E-state index contributed by atoms with van der Waals surface area (Å²) in [5, 5.41) is 0.856. The molecule has 30 heavy (non-hydrogen) atoms. The van der Waals surface area contributed by atoms with Gasteiger partial charge in [-0.05, 0) is 36.2 Å². The molecular formula is C22H24N2O4S2. The Kier molecular flexibility index (Phi) is 5.81. The summed E-state index contributed by atoms with van der Waals surface area (Å²) < 4.78 is 38.8. The van der Waals surface area contributed by atoms with Gasteiger partial charge in [-0.15, -0.1) is 11.3 Å². The molecule has 1 aliphatic heterocycles. The second-order valence-electron chi connectivity index (χ2n) is 7.01. The van der Waals surface area contributed by atoms with Crippen LogP contribution in [-0.2, 0) is 29.4 Å². The summed E-state index contributed by atoms with van der Waals surface area (Å²) in [4.78, 5) is 6.17. The van der Waals surface area contributed by atoms with Crippen LogP contribution in [0.15, 0.2) is 47.4 Å². The highest BCUT2D eigenvalue weighted by Gasteiger charge is 2.31. The van der Waals surface area contributed by atoms with Crippen molar-refractivity contribution in [2.24, 2.45) is 0 Å². The molecule has 0 amide bonds. The van der Waals surface area contributed by atoms with Crippen molar-refractivity contribution >= 4 is 21.4 Å². The second-order valence-corrected chi connectivity index (χ2v) is 10.00. The van der Waals surface area contributed by atoms with Crippen LogP contribution >= 0.6 is 11.3 Å². The fourth-order valence-electron chi connectivity index (χ4n) is 3.66. The summed E-state index contributed by atoms with van der Waals surface area (Å²) in [6.07, 6.45) is 1.28. The highest BCUT2D eigenvalue weighted by molar-refractivity contribution is 7.89. The number of benzene rings is 2. The number of aromatic nitrogens is 1. The summed E-state index contributed by atoms with van der Waals surface area (Å²) in [6.45, 7) is 2.75. The van der Waals surface area contributed by atoms with Crippen molar-refractivity contribution in [3.8, 4) is 22.1 Å². The number of ether oxygens (including phenoxy) is 2. The first-order chi connectivity index (χ1) is 14.5. The second kappa shape index (κ2) is 8.37. The summed E-state index contributed by atoms with van der Waals surface area (Å²) in [5.74, 6) is 1.30. The third kappa shape index (κ3) is 3.71. The zero-order chi connectivity index (χ0) is 21.3. The van der Waals surface area contributed by atoms with E-state index in [9.17, 15) is 8.42 Å². The summed E-state index contributed by atoms with van der Waals surface area (Å²) in [7, 11) is -0.342. The number of hydrogen-bond donors (Lipinski definition) is 0. The van der Waals surface area contributed by atoms with E-state index in [1.54, 1.807) is 30.7 Å². The molecule has 0 saturated heterocycles. The molecule has 0 radical (unpaired) electrons. The molecule has 4 rings (SSSR count). The van der Waals surface area contributed by atoms with Gasteiger partial charge in [0, 0.05) is 23.4 Å². The van der Waals surface area contributed by atoms with Gasteiger partial charge in [0.05, 0.1) is 31.4 Å². The van der Waals surface area contributed by atoms with Crippen LogP contribution in [0.4, 0.5) is 0 Å². The zero-order valence-corrected chi connectivity index (χ0v) is 18.8. The third-order valence-corrected chi connectivity index (χ3v) is 8.38. The van der Waals surface area contributed by atoms with Crippen molar-refractivity contribution < 1.29 is 17.9 Å². The molecule has 0 spiro atoms. The number of hydrogen-bond acceptors (Lipinski definition) is 6. The number of sulfonamides is 1. The van der Waals surface area contributed by atoms with Crippen LogP contribution in [0, 0.1) is 0 Å². The van der Waals surface area contributed by atoms with E-state index in [-0.39, 0.29) is 0 Å². The monoisotopic (exact) mass is 444 g/mol. The van der Waals surface area contributed by atoms with Crippen LogP contribution in [0.2, 0.25) is 0 Å². The van der Waals surface area contributed by atoms with E-state index < -0.39 is 10.0 Å². The Labute approximate surface area is 181 Å². The third-order valence-electron chi connectivity index (χ3n) is 5.30. The van der Waals surface area contributed by atoms with Gasteiger partial charge in [0.1, 0.15) is 5.01 Å². The Balaban J connectivity index is 1.64. The Hall–Kier alpha value is -2.42. The van der Waals surface area contributed by atoms with E-state index in [2.05, 4.69) is 0 Å². The zero-order valence-electron chi connectivity index (χ0n) is 17.2. The summed E-state index contributed by atoms with van der Waals surface area (Å²) in [5.41, 5.74) is 2.75. The summed E-state index contributed by atoms with van der Waals surface area (Å²) in [6, 6.07) is 12.9. The molecule has 1 aromatic heterocycles. The molecule has 0 N–H and O–H groups in total. The van der Waals surface area contributed by atoms with Gasteiger partial charge in [-0.1, -0.05) is 25.1 Å². The molecular weight excluding hydrogens is 420 g/mol. The van der Waals surface area contributed by atoms with E-state index in [0.29, 0.717) is 42.3 Å². The number of nitrogens with zero attached hydrogens (tertiary/aromatic N) is 2. The molecule has 0 bridgehead atoms. The van der Waals surface area contributed by atoms with Gasteiger partial charge in [-0.3, -0.25) is 0 Å². The SMILES string of the molecule is CCc1ccccc1S(=O)(=O)N1CCc2nc(-c3ccc(OC)c(OC)c3)sc2C1. The van der Waals surface area contributed by atoms with Crippen molar-refractivity contribution in [1.29, 1.82) is 0 Å². The molecule has 2 heterocycles. The lowest BCUT2D eigenvalue weighted by atomic mass is 10.2. The molecule has 0 atom stereocenters. The van der Waals surface area contributed by atoms with Crippen molar-refractivity contribution in [3.63, 3.8) is 0 Å². The minimum Gasteiger partial charge on any atom is -0.493 e. The number of aryl methyl sites for hydroxylation is 1. The lowest BCUT2D eigenvalue weighted by Crippen LogP contribution is -2.36.